The Bertz CT molecular complexity index is 947. The van der Waals surface area contributed by atoms with Crippen LogP contribution in [0.3, 0.4) is 0 Å². The normalized spacial score (nSPS) is 25.2. The number of amides is 1. The van der Waals surface area contributed by atoms with Gasteiger partial charge >= 0.3 is 6.09 Å². The molecule has 2 aliphatic heterocycles. The molecule has 3 heterocycles. The first-order valence-corrected chi connectivity index (χ1v) is 13.6. The quantitative estimate of drug-likeness (QED) is 0.516. The summed E-state index contributed by atoms with van der Waals surface area (Å²) in [5.41, 5.74) is 0.0979. The van der Waals surface area contributed by atoms with Crippen LogP contribution in [-0.2, 0) is 10.0 Å². The van der Waals surface area contributed by atoms with Crippen molar-refractivity contribution < 1.29 is 28.2 Å². The van der Waals surface area contributed by atoms with Gasteiger partial charge in [-0.05, 0) is 43.4 Å². The number of nitrogens with zero attached hydrogens (tertiary/aromatic N) is 5. The fourth-order valence-corrected chi connectivity index (χ4v) is 6.40. The van der Waals surface area contributed by atoms with Gasteiger partial charge in [-0.3, -0.25) is 0 Å². The number of hydrogen-bond acceptors (Lipinski definition) is 8. The number of piperazine rings is 1. The van der Waals surface area contributed by atoms with Crippen LogP contribution in [0.15, 0.2) is 12.4 Å². The van der Waals surface area contributed by atoms with E-state index >= 15 is 0 Å². The molecule has 2 N–H and O–H groups in total. The zero-order chi connectivity index (χ0) is 24.3. The first kappa shape index (κ1) is 24.9. The average molecular weight is 498 g/mol. The number of rotatable bonds is 9. The van der Waals surface area contributed by atoms with Crippen molar-refractivity contribution in [3.05, 3.63) is 12.4 Å². The third-order valence-corrected chi connectivity index (χ3v) is 9.35. The summed E-state index contributed by atoms with van der Waals surface area (Å²) in [6.45, 7) is 4.86. The molecule has 1 amide bonds. The second-order valence-corrected chi connectivity index (χ2v) is 11.9. The van der Waals surface area contributed by atoms with E-state index in [-0.39, 0.29) is 36.2 Å². The van der Waals surface area contributed by atoms with Crippen molar-refractivity contribution in [1.82, 2.24) is 19.2 Å². The highest BCUT2D eigenvalue weighted by Crippen LogP contribution is 2.53. The highest BCUT2D eigenvalue weighted by Gasteiger charge is 2.50. The minimum absolute atomic E-state index is 0.0370. The van der Waals surface area contributed by atoms with Gasteiger partial charge in [-0.25, -0.2) is 23.2 Å². The summed E-state index contributed by atoms with van der Waals surface area (Å²) >= 11 is 0. The lowest BCUT2D eigenvalue weighted by Gasteiger charge is -2.41. The van der Waals surface area contributed by atoms with E-state index in [1.54, 1.807) is 17.3 Å². The zero-order valence-electron chi connectivity index (χ0n) is 19.7. The Morgan fingerprint density at radius 3 is 2.50 bits per heavy atom. The topological polar surface area (TPSA) is 136 Å². The molecule has 0 spiro atoms. The maximum Gasteiger partial charge on any atom is 0.407 e. The minimum atomic E-state index is -3.34. The fourth-order valence-electron chi connectivity index (χ4n) is 4.93. The molecular formula is C22H35N5O6S. The van der Waals surface area contributed by atoms with Gasteiger partial charge in [-0.1, -0.05) is 6.92 Å². The summed E-state index contributed by atoms with van der Waals surface area (Å²) in [4.78, 5) is 24.1. The van der Waals surface area contributed by atoms with Crippen LogP contribution in [0.5, 0.6) is 5.88 Å². The molecule has 4 rings (SSSR count). The molecule has 3 aliphatic rings. The van der Waals surface area contributed by atoms with Gasteiger partial charge in [-0.15, -0.1) is 0 Å². The number of piperidine rings is 1. The third kappa shape index (κ3) is 5.72. The Morgan fingerprint density at radius 2 is 1.91 bits per heavy atom. The Balaban J connectivity index is 1.26. The summed E-state index contributed by atoms with van der Waals surface area (Å²) in [7, 11) is -3.34. The number of carbonyl (C=O) groups is 1. The van der Waals surface area contributed by atoms with Crippen molar-refractivity contribution in [3.8, 4) is 5.88 Å². The second-order valence-electron chi connectivity index (χ2n) is 9.84. The number of aliphatic hydroxyl groups excluding tert-OH is 1. The summed E-state index contributed by atoms with van der Waals surface area (Å²) in [5, 5.41) is 18.4. The van der Waals surface area contributed by atoms with Crippen LogP contribution in [0, 0.1) is 11.3 Å². The number of aliphatic hydroxyl groups is 1. The van der Waals surface area contributed by atoms with Gasteiger partial charge in [0.2, 0.25) is 15.9 Å². The standard InChI is InChI=1S/C22H35N5O6S/c1-22(4-5-22)18-13-17(3-6-27(18)21(29)30)16-33-20-15-23-19(14-24-20)25-7-9-26(10-8-25)34(31,32)12-2-11-28/h14-15,17-18,28H,2-13,16H2,1H3,(H,29,30). The van der Waals surface area contributed by atoms with Crippen LogP contribution in [-0.4, -0.2) is 102 Å². The summed E-state index contributed by atoms with van der Waals surface area (Å²) in [5.74, 6) is 1.35. The maximum atomic E-state index is 12.3. The lowest BCUT2D eigenvalue weighted by atomic mass is 9.83. The van der Waals surface area contributed by atoms with Gasteiger partial charge in [0.25, 0.3) is 0 Å². The number of hydrogen-bond donors (Lipinski definition) is 2. The molecule has 1 saturated carbocycles. The lowest BCUT2D eigenvalue weighted by Crippen LogP contribution is -2.50. The fraction of sp³-hybridized carbons (Fsp3) is 0.773. The average Bonchev–Trinajstić information content (AvgIpc) is 3.60. The number of likely N-dealkylation sites (tertiary alicyclic amines) is 1. The predicted octanol–water partition coefficient (Wildman–Crippen LogP) is 1.25. The van der Waals surface area contributed by atoms with E-state index in [9.17, 15) is 18.3 Å². The van der Waals surface area contributed by atoms with Gasteiger partial charge in [0.05, 0.1) is 24.8 Å². The molecule has 3 fully saturated rings. The van der Waals surface area contributed by atoms with Gasteiger partial charge in [0.15, 0.2) is 0 Å². The summed E-state index contributed by atoms with van der Waals surface area (Å²) in [6, 6.07) is 0.0481. The van der Waals surface area contributed by atoms with Crippen molar-refractivity contribution in [3.63, 3.8) is 0 Å². The number of ether oxygens (including phenoxy) is 1. The van der Waals surface area contributed by atoms with E-state index in [1.165, 1.54) is 4.31 Å². The van der Waals surface area contributed by atoms with Crippen LogP contribution in [0.1, 0.15) is 39.0 Å². The first-order valence-electron chi connectivity index (χ1n) is 12.0. The lowest BCUT2D eigenvalue weighted by molar-refractivity contribution is 0.0483. The Morgan fingerprint density at radius 1 is 1.18 bits per heavy atom. The van der Waals surface area contributed by atoms with Crippen molar-refractivity contribution >= 4 is 21.9 Å². The molecule has 2 saturated heterocycles. The maximum absolute atomic E-state index is 12.3. The predicted molar refractivity (Wildman–Crippen MR) is 125 cm³/mol. The highest BCUT2D eigenvalue weighted by atomic mass is 32.2. The molecule has 34 heavy (non-hydrogen) atoms. The molecule has 0 bridgehead atoms. The van der Waals surface area contributed by atoms with Crippen LogP contribution in [0.25, 0.3) is 0 Å². The number of carboxylic acid groups (broad SMARTS) is 1. The first-order chi connectivity index (χ1) is 16.2. The van der Waals surface area contributed by atoms with Crippen molar-refractivity contribution in [1.29, 1.82) is 0 Å². The molecule has 11 nitrogen and oxygen atoms in total. The molecule has 2 unspecified atom stereocenters. The largest absolute Gasteiger partial charge is 0.476 e. The SMILES string of the molecule is CC1(C2CC(COc3cnc(N4CCN(S(=O)(=O)CCCO)CC4)cn3)CCN2C(=O)O)CC1. The van der Waals surface area contributed by atoms with E-state index in [2.05, 4.69) is 16.9 Å². The molecule has 190 valence electrons. The van der Waals surface area contributed by atoms with Gasteiger partial charge in [0.1, 0.15) is 5.82 Å². The zero-order valence-corrected chi connectivity index (χ0v) is 20.5. The molecule has 0 radical (unpaired) electrons. The Hall–Kier alpha value is -2.18. The number of aromatic nitrogens is 2. The van der Waals surface area contributed by atoms with Crippen molar-refractivity contribution in [2.45, 2.75) is 45.1 Å². The summed E-state index contributed by atoms with van der Waals surface area (Å²) in [6.07, 6.45) is 6.37. The van der Waals surface area contributed by atoms with Crippen LogP contribution in [0.2, 0.25) is 0 Å². The van der Waals surface area contributed by atoms with E-state index in [4.69, 9.17) is 9.84 Å². The highest BCUT2D eigenvalue weighted by molar-refractivity contribution is 7.89. The molecule has 1 aromatic heterocycles. The Kier molecular flexibility index (Phi) is 7.48. The number of sulfonamides is 1. The molecule has 12 heteroatoms. The van der Waals surface area contributed by atoms with Crippen molar-refractivity contribution in [2.75, 3.05) is 56.6 Å². The minimum Gasteiger partial charge on any atom is -0.476 e. The van der Waals surface area contributed by atoms with Crippen molar-refractivity contribution in [2.24, 2.45) is 11.3 Å². The van der Waals surface area contributed by atoms with E-state index in [0.717, 1.165) is 25.7 Å². The van der Waals surface area contributed by atoms with Crippen LogP contribution >= 0.6 is 0 Å². The number of anilines is 1. The Labute approximate surface area is 200 Å². The second kappa shape index (κ2) is 10.2. The summed E-state index contributed by atoms with van der Waals surface area (Å²) < 4.78 is 31.9. The molecular weight excluding hydrogens is 462 g/mol. The van der Waals surface area contributed by atoms with Gasteiger partial charge < -0.3 is 24.7 Å². The molecule has 1 aromatic rings. The van der Waals surface area contributed by atoms with Crippen LogP contribution < -0.4 is 9.64 Å². The van der Waals surface area contributed by atoms with Gasteiger partial charge in [-0.2, -0.15) is 4.31 Å². The molecule has 1 aliphatic carbocycles. The smallest absolute Gasteiger partial charge is 0.407 e. The third-order valence-electron chi connectivity index (χ3n) is 7.40. The van der Waals surface area contributed by atoms with E-state index in [1.807, 2.05) is 4.90 Å². The molecule has 0 aromatic carbocycles. The van der Waals surface area contributed by atoms with Gasteiger partial charge in [0, 0.05) is 45.4 Å². The van der Waals surface area contributed by atoms with E-state index in [0.29, 0.717) is 51.0 Å². The van der Waals surface area contributed by atoms with Crippen LogP contribution in [0.4, 0.5) is 10.6 Å². The molecule has 2 atom stereocenters. The van der Waals surface area contributed by atoms with E-state index < -0.39 is 16.1 Å². The monoisotopic (exact) mass is 497 g/mol.